The van der Waals surface area contributed by atoms with Gasteiger partial charge in [-0.1, -0.05) is 121 Å². The van der Waals surface area contributed by atoms with Crippen LogP contribution in [0.15, 0.2) is 237 Å². The van der Waals surface area contributed by atoms with E-state index in [0.717, 1.165) is 89.7 Å². The standard InChI is InChI=1S/C60H39N7/c1-62-46-26-32-50(33-27-46)66(48-20-12-5-13-21-48)53-35-37-59-55(39-53)54-38-52(65(47-18-10-4-11-19-47)49-28-22-42(41-61)23-29-49)34-36-58(54)67(59)51-30-24-44(25-31-51)57-40-56(43-14-6-2-7-15-43)63-60(64-57)45-16-8-3-9-17-45/h2-40H. The zero-order chi connectivity index (χ0) is 45.1. The van der Waals surface area contributed by atoms with Crippen LogP contribution in [0.2, 0.25) is 0 Å². The van der Waals surface area contributed by atoms with E-state index in [4.69, 9.17) is 16.5 Å². The van der Waals surface area contributed by atoms with Crippen LogP contribution < -0.4 is 9.80 Å². The first kappa shape index (κ1) is 40.2. The van der Waals surface area contributed by atoms with Crippen LogP contribution in [-0.2, 0) is 0 Å². The fourth-order valence-corrected chi connectivity index (χ4v) is 8.81. The van der Waals surface area contributed by atoms with Gasteiger partial charge in [0.2, 0.25) is 0 Å². The molecule has 0 radical (unpaired) electrons. The quantitative estimate of drug-likeness (QED) is 0.128. The fourth-order valence-electron chi connectivity index (χ4n) is 8.81. The van der Waals surface area contributed by atoms with Crippen molar-refractivity contribution in [2.45, 2.75) is 0 Å². The molecule has 0 saturated heterocycles. The first-order valence-corrected chi connectivity index (χ1v) is 22.0. The summed E-state index contributed by atoms with van der Waals surface area (Å²) in [6, 6.07) is 82.7. The molecule has 0 unspecified atom stereocenters. The van der Waals surface area contributed by atoms with Crippen molar-refractivity contribution in [3.8, 4) is 45.7 Å². The Labute approximate surface area is 388 Å². The van der Waals surface area contributed by atoms with E-state index in [9.17, 15) is 5.26 Å². The summed E-state index contributed by atoms with van der Waals surface area (Å²) in [7, 11) is 0. The van der Waals surface area contributed by atoms with Crippen LogP contribution in [-0.4, -0.2) is 14.5 Å². The first-order valence-electron chi connectivity index (χ1n) is 22.0. The Balaban J connectivity index is 1.09. The predicted octanol–water partition coefficient (Wildman–Crippen LogP) is 15.9. The number of aromatic nitrogens is 3. The molecule has 2 heterocycles. The molecule has 0 atom stereocenters. The summed E-state index contributed by atoms with van der Waals surface area (Å²) in [6.07, 6.45) is 0. The van der Waals surface area contributed by atoms with Gasteiger partial charge in [-0.2, -0.15) is 5.26 Å². The molecule has 11 rings (SSSR count). The van der Waals surface area contributed by atoms with Gasteiger partial charge in [0, 0.05) is 67.3 Å². The lowest BCUT2D eigenvalue weighted by molar-refractivity contribution is 1.17. The summed E-state index contributed by atoms with van der Waals surface area (Å²) in [5, 5.41) is 11.8. The van der Waals surface area contributed by atoms with Crippen molar-refractivity contribution in [3.63, 3.8) is 0 Å². The molecular weight excluding hydrogens is 819 g/mol. The Morgan fingerprint density at radius 1 is 0.418 bits per heavy atom. The van der Waals surface area contributed by atoms with Gasteiger partial charge in [-0.3, -0.25) is 0 Å². The lowest BCUT2D eigenvalue weighted by Crippen LogP contribution is -2.09. The average molecular weight is 858 g/mol. The van der Waals surface area contributed by atoms with Crippen LogP contribution in [0.3, 0.4) is 0 Å². The van der Waals surface area contributed by atoms with Gasteiger partial charge in [0.25, 0.3) is 0 Å². The highest BCUT2D eigenvalue weighted by atomic mass is 15.1. The Morgan fingerprint density at radius 3 is 1.31 bits per heavy atom. The number of benzene rings is 9. The Bertz CT molecular complexity index is 3400. The molecule has 7 heteroatoms. The number of anilines is 6. The van der Waals surface area contributed by atoms with Gasteiger partial charge in [0.1, 0.15) is 0 Å². The van der Waals surface area contributed by atoms with E-state index in [1.54, 1.807) is 0 Å². The van der Waals surface area contributed by atoms with Gasteiger partial charge in [-0.15, -0.1) is 0 Å². The molecule has 0 bridgehead atoms. The third kappa shape index (κ3) is 7.80. The molecule has 314 valence electrons. The van der Waals surface area contributed by atoms with E-state index in [1.165, 1.54) is 0 Å². The van der Waals surface area contributed by atoms with Gasteiger partial charge in [-0.25, -0.2) is 14.8 Å². The number of hydrogen-bond acceptors (Lipinski definition) is 5. The maximum Gasteiger partial charge on any atom is 0.187 e. The minimum atomic E-state index is 0.590. The van der Waals surface area contributed by atoms with Crippen molar-refractivity contribution in [2.75, 3.05) is 9.80 Å². The maximum atomic E-state index is 9.64. The molecule has 0 aliphatic rings. The molecular formula is C60H39N7. The summed E-state index contributed by atoms with van der Waals surface area (Å²) in [4.78, 5) is 18.2. The minimum absolute atomic E-state index is 0.590. The van der Waals surface area contributed by atoms with E-state index in [-0.39, 0.29) is 0 Å². The number of fused-ring (bicyclic) bond motifs is 3. The van der Waals surface area contributed by atoms with Crippen LogP contribution in [0.25, 0.3) is 66.2 Å². The molecule has 2 aromatic heterocycles. The molecule has 0 saturated carbocycles. The lowest BCUT2D eigenvalue weighted by atomic mass is 10.1. The topological polar surface area (TPSA) is 65.3 Å². The van der Waals surface area contributed by atoms with Gasteiger partial charge in [0.15, 0.2) is 11.5 Å². The first-order chi connectivity index (χ1) is 33.1. The zero-order valence-corrected chi connectivity index (χ0v) is 36.1. The molecule has 0 aliphatic carbocycles. The molecule has 0 spiro atoms. The van der Waals surface area contributed by atoms with Crippen molar-refractivity contribution in [2.24, 2.45) is 0 Å². The summed E-state index contributed by atoms with van der Waals surface area (Å²) >= 11 is 0. The van der Waals surface area contributed by atoms with Crippen LogP contribution in [0.1, 0.15) is 5.56 Å². The van der Waals surface area contributed by atoms with Crippen LogP contribution in [0, 0.1) is 17.9 Å². The Hall–Kier alpha value is -9.56. The largest absolute Gasteiger partial charge is 0.311 e. The van der Waals surface area contributed by atoms with Crippen LogP contribution in [0.4, 0.5) is 39.8 Å². The molecule has 0 fully saturated rings. The minimum Gasteiger partial charge on any atom is -0.311 e. The zero-order valence-electron chi connectivity index (χ0n) is 36.1. The molecule has 0 N–H and O–H groups in total. The highest BCUT2D eigenvalue weighted by molar-refractivity contribution is 6.12. The van der Waals surface area contributed by atoms with Crippen molar-refractivity contribution in [1.82, 2.24) is 14.5 Å². The van der Waals surface area contributed by atoms with Crippen molar-refractivity contribution >= 4 is 61.6 Å². The number of hydrogen-bond donors (Lipinski definition) is 0. The Morgan fingerprint density at radius 2 is 0.836 bits per heavy atom. The summed E-state index contributed by atoms with van der Waals surface area (Å²) in [6.45, 7) is 7.59. The Kier molecular flexibility index (Phi) is 10.5. The van der Waals surface area contributed by atoms with E-state index in [0.29, 0.717) is 17.1 Å². The number of para-hydroxylation sites is 2. The van der Waals surface area contributed by atoms with E-state index in [2.05, 4.69) is 128 Å². The molecule has 0 aliphatic heterocycles. The highest BCUT2D eigenvalue weighted by Crippen LogP contribution is 2.43. The van der Waals surface area contributed by atoms with Gasteiger partial charge < -0.3 is 14.4 Å². The molecule has 0 amide bonds. The predicted molar refractivity (Wildman–Crippen MR) is 273 cm³/mol. The normalized spacial score (nSPS) is 11.0. The van der Waals surface area contributed by atoms with E-state index >= 15 is 0 Å². The molecule has 67 heavy (non-hydrogen) atoms. The average Bonchev–Trinajstić information content (AvgIpc) is 3.73. The maximum absolute atomic E-state index is 9.64. The van der Waals surface area contributed by atoms with Gasteiger partial charge >= 0.3 is 0 Å². The number of nitriles is 1. The SMILES string of the molecule is [C-]#[N+]c1ccc(N(c2ccccc2)c2ccc3c(c2)c2cc(N(c4ccccc4)c4ccc(C#N)cc4)ccc2n3-c2ccc(-c3cc(-c4ccccc4)nc(-c4ccccc4)n3)cc2)cc1. The molecule has 7 nitrogen and oxygen atoms in total. The summed E-state index contributed by atoms with van der Waals surface area (Å²) in [5.41, 5.74) is 14.8. The van der Waals surface area contributed by atoms with Crippen molar-refractivity contribution in [1.29, 1.82) is 5.26 Å². The highest BCUT2D eigenvalue weighted by Gasteiger charge is 2.21. The second kappa shape index (κ2) is 17.5. The van der Waals surface area contributed by atoms with Crippen LogP contribution in [0.5, 0.6) is 0 Å². The third-order valence-electron chi connectivity index (χ3n) is 12.0. The smallest absolute Gasteiger partial charge is 0.187 e. The van der Waals surface area contributed by atoms with Gasteiger partial charge in [-0.05, 0) is 115 Å². The lowest BCUT2D eigenvalue weighted by Gasteiger charge is -2.26. The summed E-state index contributed by atoms with van der Waals surface area (Å²) in [5.74, 6) is 0.674. The molecule has 9 aromatic carbocycles. The number of nitrogens with zero attached hydrogens (tertiary/aromatic N) is 7. The van der Waals surface area contributed by atoms with Crippen molar-refractivity contribution in [3.05, 3.63) is 254 Å². The summed E-state index contributed by atoms with van der Waals surface area (Å²) < 4.78 is 2.33. The second-order valence-electron chi connectivity index (χ2n) is 16.1. The van der Waals surface area contributed by atoms with E-state index in [1.807, 2.05) is 133 Å². The fraction of sp³-hybridized carbons (Fsp3) is 0. The van der Waals surface area contributed by atoms with E-state index < -0.39 is 0 Å². The molecule has 11 aromatic rings. The van der Waals surface area contributed by atoms with Gasteiger partial charge in [0.05, 0.1) is 40.6 Å². The third-order valence-corrected chi connectivity index (χ3v) is 12.0. The second-order valence-corrected chi connectivity index (χ2v) is 16.1. The van der Waals surface area contributed by atoms with Crippen molar-refractivity contribution < 1.29 is 0 Å². The van der Waals surface area contributed by atoms with Crippen LogP contribution >= 0.6 is 0 Å². The monoisotopic (exact) mass is 857 g/mol. The number of rotatable bonds is 10.